The van der Waals surface area contributed by atoms with Crippen molar-refractivity contribution >= 4 is 34.6 Å². The van der Waals surface area contributed by atoms with Gasteiger partial charge in [0.25, 0.3) is 5.91 Å². The molecular weight excluding hydrogens is 357 g/mol. The summed E-state index contributed by atoms with van der Waals surface area (Å²) < 4.78 is 18.5. The predicted molar refractivity (Wildman–Crippen MR) is 99.9 cm³/mol. The van der Waals surface area contributed by atoms with E-state index in [1.165, 1.54) is 24.4 Å². The first-order chi connectivity index (χ1) is 12.5. The van der Waals surface area contributed by atoms with E-state index in [0.29, 0.717) is 27.8 Å². The average Bonchev–Trinajstić information content (AvgIpc) is 2.62. The molecule has 2 aromatic carbocycles. The van der Waals surface area contributed by atoms with Gasteiger partial charge in [-0.1, -0.05) is 17.7 Å². The number of hydrogen-bond donors (Lipinski definition) is 2. The third kappa shape index (κ3) is 4.29. The molecule has 0 spiro atoms. The summed E-state index contributed by atoms with van der Waals surface area (Å²) >= 11 is 6.02. The quantitative estimate of drug-likeness (QED) is 0.671. The lowest BCUT2D eigenvalue weighted by Gasteiger charge is -2.12. The number of aromatic nitrogens is 1. The zero-order valence-electron chi connectivity index (χ0n) is 13.8. The summed E-state index contributed by atoms with van der Waals surface area (Å²) in [5.74, 6) is -0.270. The summed E-state index contributed by atoms with van der Waals surface area (Å²) in [4.78, 5) is 16.4. The number of ether oxygens (including phenoxy) is 1. The van der Waals surface area contributed by atoms with Crippen LogP contribution < -0.4 is 15.4 Å². The van der Waals surface area contributed by atoms with Gasteiger partial charge in [-0.15, -0.1) is 0 Å². The Bertz CT molecular complexity index is 950. The summed E-state index contributed by atoms with van der Waals surface area (Å²) in [5, 5.41) is 6.30. The van der Waals surface area contributed by atoms with Crippen molar-refractivity contribution in [2.45, 2.75) is 0 Å². The van der Waals surface area contributed by atoms with Gasteiger partial charge >= 0.3 is 0 Å². The Labute approximate surface area is 154 Å². The van der Waals surface area contributed by atoms with Gasteiger partial charge in [0.15, 0.2) is 0 Å². The molecule has 3 rings (SSSR count). The van der Waals surface area contributed by atoms with Crippen LogP contribution in [0, 0.1) is 5.82 Å². The van der Waals surface area contributed by atoms with Crippen molar-refractivity contribution in [1.29, 1.82) is 0 Å². The van der Waals surface area contributed by atoms with Gasteiger partial charge in [0.1, 0.15) is 17.3 Å². The molecule has 1 heterocycles. The van der Waals surface area contributed by atoms with Crippen molar-refractivity contribution in [3.8, 4) is 5.75 Å². The van der Waals surface area contributed by atoms with Gasteiger partial charge in [-0.05, 0) is 48.5 Å². The molecule has 0 fully saturated rings. The largest absolute Gasteiger partial charge is 0.495 e. The number of pyridine rings is 1. The molecule has 0 aliphatic rings. The number of carbonyl (C=O) groups excluding carboxylic acids is 1. The van der Waals surface area contributed by atoms with E-state index in [1.54, 1.807) is 43.5 Å². The molecular formula is C19H15ClFN3O2. The van der Waals surface area contributed by atoms with Crippen molar-refractivity contribution in [3.05, 3.63) is 77.3 Å². The molecule has 1 aromatic heterocycles. The molecule has 2 N–H and O–H groups in total. The van der Waals surface area contributed by atoms with E-state index < -0.39 is 11.7 Å². The van der Waals surface area contributed by atoms with Crippen LogP contribution in [0.1, 0.15) is 10.5 Å². The highest BCUT2D eigenvalue weighted by Crippen LogP contribution is 2.30. The maximum absolute atomic E-state index is 13.2. The summed E-state index contributed by atoms with van der Waals surface area (Å²) in [7, 11) is 1.55. The number of rotatable bonds is 5. The first-order valence-corrected chi connectivity index (χ1v) is 8.06. The Kier molecular flexibility index (Phi) is 5.34. The highest BCUT2D eigenvalue weighted by molar-refractivity contribution is 6.31. The predicted octanol–water partition coefficient (Wildman–Crippen LogP) is 4.88. The number of amides is 1. The highest BCUT2D eigenvalue weighted by Gasteiger charge is 2.10. The Balaban J connectivity index is 1.80. The van der Waals surface area contributed by atoms with Crippen LogP contribution in [0.25, 0.3) is 0 Å². The van der Waals surface area contributed by atoms with E-state index in [4.69, 9.17) is 16.3 Å². The van der Waals surface area contributed by atoms with Crippen LogP contribution in [0.3, 0.4) is 0 Å². The van der Waals surface area contributed by atoms with E-state index in [9.17, 15) is 9.18 Å². The van der Waals surface area contributed by atoms with E-state index in [2.05, 4.69) is 15.6 Å². The lowest BCUT2D eigenvalue weighted by Crippen LogP contribution is -2.14. The third-order valence-electron chi connectivity index (χ3n) is 3.52. The first kappa shape index (κ1) is 17.7. The van der Waals surface area contributed by atoms with Crippen LogP contribution in [-0.4, -0.2) is 18.0 Å². The molecule has 7 heteroatoms. The van der Waals surface area contributed by atoms with Gasteiger partial charge < -0.3 is 15.4 Å². The van der Waals surface area contributed by atoms with Crippen LogP contribution in [0.15, 0.2) is 60.8 Å². The second-order valence-electron chi connectivity index (χ2n) is 5.36. The smallest absolute Gasteiger partial charge is 0.274 e. The average molecular weight is 372 g/mol. The Morgan fingerprint density at radius 3 is 2.73 bits per heavy atom. The van der Waals surface area contributed by atoms with Crippen LogP contribution in [0.4, 0.5) is 21.5 Å². The fraction of sp³-hybridized carbons (Fsp3) is 0.0526. The number of methoxy groups -OCH3 is 1. The molecule has 0 aliphatic carbocycles. The van der Waals surface area contributed by atoms with Gasteiger partial charge in [0, 0.05) is 22.6 Å². The molecule has 5 nitrogen and oxygen atoms in total. The van der Waals surface area contributed by atoms with Gasteiger partial charge in [-0.3, -0.25) is 9.78 Å². The van der Waals surface area contributed by atoms with Crippen molar-refractivity contribution in [2.75, 3.05) is 17.7 Å². The molecule has 132 valence electrons. The highest BCUT2D eigenvalue weighted by atomic mass is 35.5. The Morgan fingerprint density at radius 1 is 1.12 bits per heavy atom. The first-order valence-electron chi connectivity index (χ1n) is 7.69. The molecule has 0 aliphatic heterocycles. The van der Waals surface area contributed by atoms with Crippen LogP contribution in [-0.2, 0) is 0 Å². The minimum Gasteiger partial charge on any atom is -0.495 e. The second-order valence-corrected chi connectivity index (χ2v) is 5.80. The fourth-order valence-electron chi connectivity index (χ4n) is 2.33. The van der Waals surface area contributed by atoms with E-state index >= 15 is 0 Å². The molecule has 26 heavy (non-hydrogen) atoms. The van der Waals surface area contributed by atoms with Crippen LogP contribution in [0.2, 0.25) is 5.02 Å². The number of benzene rings is 2. The summed E-state index contributed by atoms with van der Waals surface area (Å²) in [5.41, 5.74) is 1.82. The van der Waals surface area contributed by atoms with Crippen molar-refractivity contribution in [1.82, 2.24) is 4.98 Å². The Morgan fingerprint density at radius 2 is 1.96 bits per heavy atom. The minimum atomic E-state index is -0.447. The molecule has 3 aromatic rings. The molecule has 0 radical (unpaired) electrons. The van der Waals surface area contributed by atoms with E-state index in [1.807, 2.05) is 0 Å². The maximum Gasteiger partial charge on any atom is 0.274 e. The van der Waals surface area contributed by atoms with Crippen molar-refractivity contribution in [2.24, 2.45) is 0 Å². The van der Waals surface area contributed by atoms with Gasteiger partial charge in [0.05, 0.1) is 12.8 Å². The third-order valence-corrected chi connectivity index (χ3v) is 3.75. The summed E-state index contributed by atoms with van der Waals surface area (Å²) in [6.07, 6.45) is 1.50. The zero-order valence-corrected chi connectivity index (χ0v) is 14.5. The van der Waals surface area contributed by atoms with Crippen molar-refractivity contribution in [3.63, 3.8) is 0 Å². The Hall–Kier alpha value is -3.12. The molecule has 0 atom stereocenters. The van der Waals surface area contributed by atoms with Crippen LogP contribution in [0.5, 0.6) is 5.75 Å². The van der Waals surface area contributed by atoms with Gasteiger partial charge in [0.2, 0.25) is 0 Å². The zero-order chi connectivity index (χ0) is 18.5. The normalized spacial score (nSPS) is 10.3. The molecule has 0 saturated carbocycles. The number of nitrogens with one attached hydrogen (secondary N) is 2. The van der Waals surface area contributed by atoms with E-state index in [0.717, 1.165) is 0 Å². The number of hydrogen-bond acceptors (Lipinski definition) is 4. The van der Waals surface area contributed by atoms with Gasteiger partial charge in [-0.25, -0.2) is 4.39 Å². The van der Waals surface area contributed by atoms with Gasteiger partial charge in [-0.2, -0.15) is 0 Å². The van der Waals surface area contributed by atoms with Crippen molar-refractivity contribution < 1.29 is 13.9 Å². The number of carbonyl (C=O) groups is 1. The topological polar surface area (TPSA) is 63.2 Å². The second kappa shape index (κ2) is 7.84. The lowest BCUT2D eigenvalue weighted by atomic mass is 10.2. The number of nitrogens with zero attached hydrogens (tertiary/aromatic N) is 1. The fourth-order valence-corrected chi connectivity index (χ4v) is 2.50. The molecule has 0 bridgehead atoms. The lowest BCUT2D eigenvalue weighted by molar-refractivity contribution is 0.102. The molecule has 0 unspecified atom stereocenters. The SMILES string of the molecule is COc1ccc(Cl)cc1Nc1ccnc(C(=O)Nc2cccc(F)c2)c1. The monoisotopic (exact) mass is 371 g/mol. The molecule has 1 amide bonds. The standard InChI is InChI=1S/C19H15ClFN3O2/c1-26-18-6-5-12(20)9-16(18)23-15-7-8-22-17(11-15)19(25)24-14-4-2-3-13(21)10-14/h2-11H,1H3,(H,22,23)(H,24,25). The summed E-state index contributed by atoms with van der Waals surface area (Å²) in [6.45, 7) is 0. The molecule has 0 saturated heterocycles. The summed E-state index contributed by atoms with van der Waals surface area (Å²) in [6, 6.07) is 14.1. The van der Waals surface area contributed by atoms with Crippen LogP contribution >= 0.6 is 11.6 Å². The van der Waals surface area contributed by atoms with E-state index in [-0.39, 0.29) is 5.69 Å². The minimum absolute atomic E-state index is 0.181. The maximum atomic E-state index is 13.2. The number of anilines is 3. The number of halogens is 2.